The van der Waals surface area contributed by atoms with Gasteiger partial charge in [0.05, 0.1) is 12.4 Å². The molecule has 1 aliphatic heterocycles. The summed E-state index contributed by atoms with van der Waals surface area (Å²) in [5.41, 5.74) is 1.75. The fourth-order valence-corrected chi connectivity index (χ4v) is 4.46. The zero-order valence-corrected chi connectivity index (χ0v) is 16.7. The second kappa shape index (κ2) is 9.10. The number of ether oxygens (including phenoxy) is 1. The van der Waals surface area contributed by atoms with Crippen molar-refractivity contribution in [2.24, 2.45) is 0 Å². The minimum atomic E-state index is -0.309. The monoisotopic (exact) mass is 402 g/mol. The molecule has 148 valence electrons. The molecule has 5 nitrogen and oxygen atoms in total. The van der Waals surface area contributed by atoms with Crippen LogP contribution < -0.4 is 10.1 Å². The Labute approximate surface area is 168 Å². The van der Waals surface area contributed by atoms with Gasteiger partial charge >= 0.3 is 0 Å². The van der Waals surface area contributed by atoms with Crippen LogP contribution in [0.1, 0.15) is 29.8 Å². The van der Waals surface area contributed by atoms with Gasteiger partial charge in [-0.25, -0.2) is 4.39 Å². The second-order valence-corrected chi connectivity index (χ2v) is 7.98. The van der Waals surface area contributed by atoms with E-state index < -0.39 is 0 Å². The molecule has 0 aliphatic carbocycles. The van der Waals surface area contributed by atoms with E-state index in [9.17, 15) is 14.0 Å². The average molecular weight is 402 g/mol. The Hall–Kier alpha value is -2.54. The van der Waals surface area contributed by atoms with Crippen molar-refractivity contribution in [3.05, 3.63) is 65.5 Å². The van der Waals surface area contributed by atoms with E-state index in [2.05, 4.69) is 5.32 Å². The number of halogens is 1. The van der Waals surface area contributed by atoms with Crippen molar-refractivity contribution in [3.8, 4) is 5.75 Å². The standard InChI is InChI=1S/C21H23FN2O3S/c1-14-20(26)24(21(28-14)17-5-3-4-6-18(17)27-2)12-11-19(25)23-13-15-7-9-16(22)10-8-15/h3-10,14,21H,11-13H2,1-2H3,(H,23,25)/t14-,21+/m0/s1. The lowest BCUT2D eigenvalue weighted by Gasteiger charge is -2.25. The number of para-hydroxylation sites is 1. The molecule has 7 heteroatoms. The Morgan fingerprint density at radius 3 is 2.64 bits per heavy atom. The third kappa shape index (κ3) is 4.65. The molecule has 1 saturated heterocycles. The number of nitrogens with one attached hydrogen (secondary N) is 1. The van der Waals surface area contributed by atoms with Crippen molar-refractivity contribution in [1.29, 1.82) is 0 Å². The summed E-state index contributed by atoms with van der Waals surface area (Å²) in [4.78, 5) is 26.6. The minimum Gasteiger partial charge on any atom is -0.496 e. The number of carbonyl (C=O) groups excluding carboxylic acids is 2. The van der Waals surface area contributed by atoms with Crippen molar-refractivity contribution in [2.45, 2.75) is 30.5 Å². The van der Waals surface area contributed by atoms with Gasteiger partial charge in [0.2, 0.25) is 11.8 Å². The largest absolute Gasteiger partial charge is 0.496 e. The maximum Gasteiger partial charge on any atom is 0.236 e. The van der Waals surface area contributed by atoms with Crippen LogP contribution in [0.4, 0.5) is 4.39 Å². The normalized spacial score (nSPS) is 19.0. The molecule has 3 rings (SSSR count). The Morgan fingerprint density at radius 1 is 1.21 bits per heavy atom. The van der Waals surface area contributed by atoms with Gasteiger partial charge in [0, 0.05) is 25.1 Å². The first kappa shape index (κ1) is 20.2. The summed E-state index contributed by atoms with van der Waals surface area (Å²) in [5.74, 6) is 0.289. The number of hydrogen-bond donors (Lipinski definition) is 1. The Bertz CT molecular complexity index is 844. The predicted molar refractivity (Wildman–Crippen MR) is 107 cm³/mol. The SMILES string of the molecule is COc1ccccc1[C@H]1S[C@@H](C)C(=O)N1CCC(=O)NCc1ccc(F)cc1. The number of rotatable bonds is 7. The fourth-order valence-electron chi connectivity index (χ4n) is 3.13. The van der Waals surface area contributed by atoms with Crippen molar-refractivity contribution < 1.29 is 18.7 Å². The zero-order valence-electron chi connectivity index (χ0n) is 15.9. The van der Waals surface area contributed by atoms with Gasteiger partial charge in [-0.1, -0.05) is 30.3 Å². The third-order valence-electron chi connectivity index (χ3n) is 4.63. The second-order valence-electron chi connectivity index (χ2n) is 6.56. The summed E-state index contributed by atoms with van der Waals surface area (Å²) < 4.78 is 18.4. The maximum atomic E-state index is 12.9. The van der Waals surface area contributed by atoms with E-state index in [-0.39, 0.29) is 34.7 Å². The van der Waals surface area contributed by atoms with E-state index in [0.29, 0.717) is 13.1 Å². The van der Waals surface area contributed by atoms with Gasteiger partial charge in [0.1, 0.15) is 16.9 Å². The summed E-state index contributed by atoms with van der Waals surface area (Å²) in [6.45, 7) is 2.53. The smallest absolute Gasteiger partial charge is 0.236 e. The van der Waals surface area contributed by atoms with Crippen LogP contribution in [0.5, 0.6) is 5.75 Å². The van der Waals surface area contributed by atoms with Crippen molar-refractivity contribution in [2.75, 3.05) is 13.7 Å². The van der Waals surface area contributed by atoms with Crippen LogP contribution in [0.3, 0.4) is 0 Å². The molecule has 0 unspecified atom stereocenters. The van der Waals surface area contributed by atoms with Gasteiger partial charge in [-0.15, -0.1) is 11.8 Å². The number of benzene rings is 2. The van der Waals surface area contributed by atoms with E-state index in [1.807, 2.05) is 31.2 Å². The highest BCUT2D eigenvalue weighted by Gasteiger charge is 2.39. The topological polar surface area (TPSA) is 58.6 Å². The number of methoxy groups -OCH3 is 1. The van der Waals surface area contributed by atoms with Crippen molar-refractivity contribution >= 4 is 23.6 Å². The molecule has 1 aliphatic rings. The quantitative estimate of drug-likeness (QED) is 0.770. The van der Waals surface area contributed by atoms with E-state index in [0.717, 1.165) is 16.9 Å². The molecule has 1 heterocycles. The lowest BCUT2D eigenvalue weighted by Crippen LogP contribution is -2.34. The highest BCUT2D eigenvalue weighted by Crippen LogP contribution is 2.45. The molecule has 2 atom stereocenters. The molecule has 0 radical (unpaired) electrons. The highest BCUT2D eigenvalue weighted by atomic mass is 32.2. The van der Waals surface area contributed by atoms with Gasteiger partial charge in [-0.2, -0.15) is 0 Å². The Morgan fingerprint density at radius 2 is 1.93 bits per heavy atom. The average Bonchev–Trinajstić information content (AvgIpc) is 2.99. The summed E-state index contributed by atoms with van der Waals surface area (Å²) in [7, 11) is 1.61. The molecular formula is C21H23FN2O3S. The molecule has 2 aromatic carbocycles. The molecule has 1 N–H and O–H groups in total. The van der Waals surface area contributed by atoms with Gasteiger partial charge in [-0.3, -0.25) is 9.59 Å². The molecule has 0 aromatic heterocycles. The Kier molecular flexibility index (Phi) is 6.57. The van der Waals surface area contributed by atoms with Gasteiger partial charge in [0.25, 0.3) is 0 Å². The molecule has 0 bridgehead atoms. The van der Waals surface area contributed by atoms with Crippen LogP contribution in [-0.4, -0.2) is 35.6 Å². The number of nitrogens with zero attached hydrogens (tertiary/aromatic N) is 1. The van der Waals surface area contributed by atoms with Crippen LogP contribution in [0.15, 0.2) is 48.5 Å². The Balaban J connectivity index is 1.61. The van der Waals surface area contributed by atoms with E-state index in [1.54, 1.807) is 35.9 Å². The molecule has 0 spiro atoms. The molecule has 2 aromatic rings. The van der Waals surface area contributed by atoms with E-state index in [1.165, 1.54) is 12.1 Å². The number of thioether (sulfide) groups is 1. The molecule has 28 heavy (non-hydrogen) atoms. The number of amides is 2. The number of carbonyl (C=O) groups is 2. The van der Waals surface area contributed by atoms with Gasteiger partial charge in [-0.05, 0) is 30.7 Å². The summed E-state index contributed by atoms with van der Waals surface area (Å²) in [6.07, 6.45) is 0.200. The van der Waals surface area contributed by atoms with Crippen LogP contribution in [0.25, 0.3) is 0 Å². The summed E-state index contributed by atoms with van der Waals surface area (Å²) in [5, 5.41) is 2.47. The molecule has 0 saturated carbocycles. The number of hydrogen-bond acceptors (Lipinski definition) is 4. The lowest BCUT2D eigenvalue weighted by atomic mass is 10.1. The first-order valence-electron chi connectivity index (χ1n) is 9.09. The van der Waals surface area contributed by atoms with E-state index >= 15 is 0 Å². The maximum absolute atomic E-state index is 12.9. The summed E-state index contributed by atoms with van der Waals surface area (Å²) in [6, 6.07) is 13.6. The zero-order chi connectivity index (χ0) is 20.1. The van der Waals surface area contributed by atoms with E-state index in [4.69, 9.17) is 4.74 Å². The van der Waals surface area contributed by atoms with Crippen molar-refractivity contribution in [3.63, 3.8) is 0 Å². The first-order valence-corrected chi connectivity index (χ1v) is 10.0. The minimum absolute atomic E-state index is 0.0206. The van der Waals surface area contributed by atoms with Crippen LogP contribution in [-0.2, 0) is 16.1 Å². The molecule has 2 amide bonds. The molecular weight excluding hydrogens is 379 g/mol. The predicted octanol–water partition coefficient (Wildman–Crippen LogP) is 3.50. The molecule has 1 fully saturated rings. The van der Waals surface area contributed by atoms with Crippen LogP contribution >= 0.6 is 11.8 Å². The lowest BCUT2D eigenvalue weighted by molar-refractivity contribution is -0.130. The van der Waals surface area contributed by atoms with Crippen LogP contribution in [0.2, 0.25) is 0 Å². The first-order chi connectivity index (χ1) is 13.5. The van der Waals surface area contributed by atoms with Crippen molar-refractivity contribution in [1.82, 2.24) is 10.2 Å². The summed E-state index contributed by atoms with van der Waals surface area (Å²) >= 11 is 1.56. The van der Waals surface area contributed by atoms with Gasteiger partial charge < -0.3 is 15.0 Å². The highest BCUT2D eigenvalue weighted by molar-refractivity contribution is 8.01. The van der Waals surface area contributed by atoms with Gasteiger partial charge in [0.15, 0.2) is 0 Å². The third-order valence-corrected chi connectivity index (χ3v) is 6.01. The van der Waals surface area contributed by atoms with Crippen LogP contribution in [0, 0.1) is 5.82 Å². The fraction of sp³-hybridized carbons (Fsp3) is 0.333.